The molecule has 0 N–H and O–H groups in total. The van der Waals surface area contributed by atoms with Crippen LogP contribution in [-0.4, -0.2) is 11.6 Å². The zero-order valence-corrected chi connectivity index (χ0v) is 16.0. The molecule has 1 aliphatic heterocycles. The van der Waals surface area contributed by atoms with Gasteiger partial charge < -0.3 is 4.90 Å². The van der Waals surface area contributed by atoms with Gasteiger partial charge in [-0.05, 0) is 42.8 Å². The molecule has 1 aliphatic rings. The summed E-state index contributed by atoms with van der Waals surface area (Å²) in [4.78, 5) is 16.2. The Morgan fingerprint density at radius 2 is 1.85 bits per heavy atom. The molecule has 0 aliphatic carbocycles. The summed E-state index contributed by atoms with van der Waals surface area (Å²) >= 11 is 3.11. The second-order valence-corrected chi connectivity index (χ2v) is 8.01. The lowest BCUT2D eigenvalue weighted by Gasteiger charge is -2.11. The molecule has 1 aromatic heterocycles. The number of para-hydroxylation sites is 1. The number of rotatable bonds is 2. The van der Waals surface area contributed by atoms with Crippen LogP contribution in [0, 0.1) is 5.82 Å². The maximum atomic E-state index is 13.1. The number of thioether (sulfide) groups is 1. The Kier molecular flexibility index (Phi) is 4.46. The Morgan fingerprint density at radius 3 is 2.54 bits per heavy atom. The number of nitrogens with zero attached hydrogens (tertiary/aromatic N) is 2. The number of anilines is 1. The smallest absolute Gasteiger partial charge is 0.271 e. The number of benzene rings is 2. The minimum atomic E-state index is -0.265. The van der Waals surface area contributed by atoms with Gasteiger partial charge in [0.25, 0.3) is 5.56 Å². The van der Waals surface area contributed by atoms with Gasteiger partial charge in [0.2, 0.25) is 0 Å². The van der Waals surface area contributed by atoms with Gasteiger partial charge in [0, 0.05) is 18.5 Å². The maximum Gasteiger partial charge on any atom is 0.271 e. The largest absolute Gasteiger partial charge is 0.337 e. The molecule has 4 rings (SSSR count). The minimum absolute atomic E-state index is 0.0213. The second kappa shape index (κ2) is 6.78. The molecule has 3 nitrogen and oxygen atoms in total. The van der Waals surface area contributed by atoms with Crippen molar-refractivity contribution in [3.05, 3.63) is 79.5 Å². The van der Waals surface area contributed by atoms with Crippen LogP contribution in [0.2, 0.25) is 0 Å². The van der Waals surface area contributed by atoms with Crippen molar-refractivity contribution in [2.24, 2.45) is 0 Å². The van der Waals surface area contributed by atoms with E-state index in [1.165, 1.54) is 23.5 Å². The van der Waals surface area contributed by atoms with E-state index >= 15 is 0 Å². The normalized spacial score (nSPS) is 16.3. The first-order valence-electron chi connectivity index (χ1n) is 8.30. The van der Waals surface area contributed by atoms with E-state index in [2.05, 4.69) is 17.0 Å². The average Bonchev–Trinajstić information content (AvgIpc) is 3.14. The van der Waals surface area contributed by atoms with Crippen LogP contribution in [-0.2, 0) is 6.54 Å². The summed E-state index contributed by atoms with van der Waals surface area (Å²) in [5.41, 5.74) is 2.02. The van der Waals surface area contributed by atoms with E-state index < -0.39 is 0 Å². The molecule has 0 spiro atoms. The first kappa shape index (κ1) is 17.1. The first-order valence-corrected chi connectivity index (χ1v) is 9.93. The molecule has 0 unspecified atom stereocenters. The lowest BCUT2D eigenvalue weighted by molar-refractivity contribution is 0.627. The summed E-state index contributed by atoms with van der Waals surface area (Å²) in [5, 5.41) is 0.960. The third-order valence-electron chi connectivity index (χ3n) is 4.32. The number of hydrogen-bond acceptors (Lipinski definition) is 4. The maximum absolute atomic E-state index is 13.1. The lowest BCUT2D eigenvalue weighted by atomic mass is 10.2. The second-order valence-electron chi connectivity index (χ2n) is 5.95. The molecule has 6 heteroatoms. The van der Waals surface area contributed by atoms with Gasteiger partial charge in [0.15, 0.2) is 0 Å². The topological polar surface area (TPSA) is 25.2 Å². The van der Waals surface area contributed by atoms with Gasteiger partial charge in [-0.15, -0.1) is 11.3 Å². The van der Waals surface area contributed by atoms with Crippen LogP contribution >= 0.6 is 23.1 Å². The Balaban J connectivity index is 1.92. The Labute approximate surface area is 158 Å². The highest BCUT2D eigenvalue weighted by Gasteiger charge is 2.24. The molecule has 2 heterocycles. The molecular formula is C20H17FN2OS2. The van der Waals surface area contributed by atoms with Crippen LogP contribution in [0.25, 0.3) is 11.1 Å². The Morgan fingerprint density at radius 1 is 1.12 bits per heavy atom. The van der Waals surface area contributed by atoms with Crippen LogP contribution in [0.5, 0.6) is 0 Å². The fourth-order valence-corrected chi connectivity index (χ4v) is 5.45. The third kappa shape index (κ3) is 2.89. The van der Waals surface area contributed by atoms with Crippen LogP contribution in [0.3, 0.4) is 0 Å². The number of fused-ring (bicyclic) bond motifs is 1. The highest BCUT2D eigenvalue weighted by Crippen LogP contribution is 2.44. The van der Waals surface area contributed by atoms with Gasteiger partial charge in [0.05, 0.1) is 10.4 Å². The molecule has 3 aromatic rings. The van der Waals surface area contributed by atoms with Gasteiger partial charge in [-0.3, -0.25) is 9.36 Å². The number of halogens is 1. The first-order chi connectivity index (χ1) is 12.6. The van der Waals surface area contributed by atoms with E-state index in [1.54, 1.807) is 28.5 Å². The monoisotopic (exact) mass is 384 g/mol. The number of thiazole rings is 1. The van der Waals surface area contributed by atoms with Crippen molar-refractivity contribution in [1.29, 1.82) is 0 Å². The van der Waals surface area contributed by atoms with Gasteiger partial charge in [-0.25, -0.2) is 4.39 Å². The number of aromatic nitrogens is 1. The summed E-state index contributed by atoms with van der Waals surface area (Å²) in [6.07, 6.45) is 1.94. The molecule has 0 bridgehead atoms. The summed E-state index contributed by atoms with van der Waals surface area (Å²) in [6, 6.07) is 14.5. The molecule has 0 atom stereocenters. The summed E-state index contributed by atoms with van der Waals surface area (Å²) < 4.78 is 16.5. The molecule has 0 fully saturated rings. The van der Waals surface area contributed by atoms with E-state index in [1.807, 2.05) is 32.2 Å². The highest BCUT2D eigenvalue weighted by molar-refractivity contribution is 8.08. The minimum Gasteiger partial charge on any atom is -0.337 e. The van der Waals surface area contributed by atoms with Crippen molar-refractivity contribution in [3.63, 3.8) is 0 Å². The van der Waals surface area contributed by atoms with E-state index in [9.17, 15) is 9.18 Å². The molecule has 26 heavy (non-hydrogen) atoms. The average molecular weight is 385 g/mol. The predicted octanol–water partition coefficient (Wildman–Crippen LogP) is 3.21. The lowest BCUT2D eigenvalue weighted by Crippen LogP contribution is -2.33. The van der Waals surface area contributed by atoms with Crippen LogP contribution < -0.4 is 19.7 Å². The molecule has 132 valence electrons. The zero-order chi connectivity index (χ0) is 18.3. The van der Waals surface area contributed by atoms with E-state index in [-0.39, 0.29) is 11.4 Å². The van der Waals surface area contributed by atoms with E-state index in [4.69, 9.17) is 0 Å². The molecular weight excluding hydrogens is 367 g/mol. The van der Waals surface area contributed by atoms with Gasteiger partial charge in [0.1, 0.15) is 15.4 Å². The molecule has 0 amide bonds. The van der Waals surface area contributed by atoms with Crippen LogP contribution in [0.1, 0.15) is 12.5 Å². The highest BCUT2D eigenvalue weighted by atomic mass is 32.2. The quantitative estimate of drug-likeness (QED) is 0.678. The fraction of sp³-hybridized carbons (Fsp3) is 0.150. The fourth-order valence-electron chi connectivity index (χ4n) is 2.97. The Bertz CT molecular complexity index is 1150. The van der Waals surface area contributed by atoms with Crippen molar-refractivity contribution in [2.45, 2.75) is 18.4 Å². The van der Waals surface area contributed by atoms with Crippen molar-refractivity contribution >= 4 is 39.9 Å². The van der Waals surface area contributed by atoms with E-state index in [0.717, 1.165) is 30.4 Å². The van der Waals surface area contributed by atoms with Crippen molar-refractivity contribution < 1.29 is 4.39 Å². The van der Waals surface area contributed by atoms with Crippen molar-refractivity contribution in [1.82, 2.24) is 4.57 Å². The predicted molar refractivity (Wildman–Crippen MR) is 108 cm³/mol. The van der Waals surface area contributed by atoms with Crippen molar-refractivity contribution in [3.8, 4) is 0 Å². The van der Waals surface area contributed by atoms with Gasteiger partial charge in [-0.2, -0.15) is 0 Å². The van der Waals surface area contributed by atoms with Crippen LogP contribution in [0.4, 0.5) is 10.1 Å². The number of hydrogen-bond donors (Lipinski definition) is 0. The SMILES string of the molecule is CCn1c(=O)/c(=C2\Sc3ccccc3N2C)s/c1=C\c1ccc(F)cc1. The van der Waals surface area contributed by atoms with E-state index in [0.29, 0.717) is 6.54 Å². The summed E-state index contributed by atoms with van der Waals surface area (Å²) in [7, 11) is 1.99. The zero-order valence-electron chi connectivity index (χ0n) is 14.4. The van der Waals surface area contributed by atoms with Gasteiger partial charge >= 0.3 is 0 Å². The van der Waals surface area contributed by atoms with Crippen molar-refractivity contribution in [2.75, 3.05) is 11.9 Å². The third-order valence-corrected chi connectivity index (χ3v) is 6.81. The molecule has 0 saturated carbocycles. The molecule has 0 saturated heterocycles. The summed E-state index contributed by atoms with van der Waals surface area (Å²) in [6.45, 7) is 2.56. The van der Waals surface area contributed by atoms with Crippen LogP contribution in [0.15, 0.2) is 58.2 Å². The van der Waals surface area contributed by atoms with Gasteiger partial charge in [-0.1, -0.05) is 36.0 Å². The standard InChI is InChI=1S/C20H17FN2OS2/c1-3-23-17(12-13-8-10-14(21)11-9-13)26-18(19(23)24)20-22(2)15-6-4-5-7-16(15)25-20/h4-12H,3H2,1-2H3/b17-12-,20-18+. The molecule has 2 aromatic carbocycles. The summed E-state index contributed by atoms with van der Waals surface area (Å²) in [5.74, 6) is -0.265. The molecule has 0 radical (unpaired) electrons. The Hall–Kier alpha value is -2.31.